The van der Waals surface area contributed by atoms with E-state index in [9.17, 15) is 4.79 Å². The molecule has 1 aliphatic carbocycles. The third-order valence-corrected chi connectivity index (χ3v) is 11.5. The van der Waals surface area contributed by atoms with Crippen LogP contribution in [0.5, 0.6) is 0 Å². The van der Waals surface area contributed by atoms with Crippen LogP contribution in [-0.4, -0.2) is 65.6 Å². The predicted octanol–water partition coefficient (Wildman–Crippen LogP) is 4.94. The average molecular weight is 564 g/mol. The molecule has 0 N–H and O–H groups in total. The van der Waals surface area contributed by atoms with Gasteiger partial charge in [0.2, 0.25) is 0 Å². The second kappa shape index (κ2) is 9.48. The van der Waals surface area contributed by atoms with E-state index in [-0.39, 0.29) is 20.4 Å². The topological polar surface area (TPSA) is 26.6 Å². The fraction of sp³-hybridized carbons (Fsp3) is 0.400. The summed E-state index contributed by atoms with van der Waals surface area (Å²) in [6.07, 6.45) is 4.86. The van der Waals surface area contributed by atoms with E-state index in [0.717, 1.165) is 18.0 Å². The Hall–Kier alpha value is -2.40. The summed E-state index contributed by atoms with van der Waals surface area (Å²) in [4.78, 5) is 19.8. The Morgan fingerprint density at radius 1 is 1.06 bits per heavy atom. The summed E-state index contributed by atoms with van der Waals surface area (Å²) in [5, 5.41) is 2.69. The molecule has 6 rings (SSSR count). The molecule has 0 saturated heterocycles. The average Bonchev–Trinajstić information content (AvgIpc) is 3.38. The minimum atomic E-state index is 0.149. The molecule has 3 aliphatic heterocycles. The van der Waals surface area contributed by atoms with Gasteiger partial charge in [0.1, 0.15) is 0 Å². The number of nitrogens with zero attached hydrogens (tertiary/aromatic N) is 3. The Morgan fingerprint density at radius 2 is 1.83 bits per heavy atom. The minimum absolute atomic E-state index is 0.149. The molecule has 4 nitrogen and oxygen atoms in total. The van der Waals surface area contributed by atoms with Crippen molar-refractivity contribution in [3.63, 3.8) is 0 Å². The van der Waals surface area contributed by atoms with Crippen LogP contribution in [0.3, 0.4) is 0 Å². The first-order valence-electron chi connectivity index (χ1n) is 13.2. The number of amides is 1. The van der Waals surface area contributed by atoms with Crippen molar-refractivity contribution >= 4 is 47.1 Å². The Bertz CT molecular complexity index is 1520. The van der Waals surface area contributed by atoms with Crippen molar-refractivity contribution in [1.29, 1.82) is 0 Å². The molecule has 0 bridgehead atoms. The molecule has 6 heteroatoms. The number of carbonyl (C=O) groups is 1. The van der Waals surface area contributed by atoms with Crippen molar-refractivity contribution in [2.24, 2.45) is 0 Å². The van der Waals surface area contributed by atoms with Gasteiger partial charge < -0.3 is 0 Å². The molecular weight excluding hydrogens is 529 g/mol. The van der Waals surface area contributed by atoms with Gasteiger partial charge in [-0.15, -0.1) is 0 Å². The molecule has 186 valence electrons. The number of hydrogen-bond acceptors (Lipinski definition) is 3. The van der Waals surface area contributed by atoms with Crippen LogP contribution >= 0.6 is 11.3 Å². The first-order valence-corrected chi connectivity index (χ1v) is 15.7. The van der Waals surface area contributed by atoms with Crippen LogP contribution in [0.1, 0.15) is 47.5 Å². The number of benzene rings is 2. The fourth-order valence-electron chi connectivity index (χ4n) is 5.99. The van der Waals surface area contributed by atoms with Crippen LogP contribution < -0.4 is 14.8 Å². The van der Waals surface area contributed by atoms with Crippen LogP contribution in [0.15, 0.2) is 36.4 Å². The van der Waals surface area contributed by atoms with Gasteiger partial charge in [-0.1, -0.05) is 0 Å². The molecule has 0 radical (unpaired) electrons. The van der Waals surface area contributed by atoms with E-state index in [4.69, 9.17) is 0 Å². The molecule has 0 unspecified atom stereocenters. The Balaban J connectivity index is 1.66. The zero-order chi connectivity index (χ0) is 25.0. The molecule has 4 heterocycles. The molecule has 4 aliphatic rings. The number of hydrogen-bond donors (Lipinski definition) is 0. The number of fused-ring (bicyclic) bond motifs is 3. The van der Waals surface area contributed by atoms with E-state index in [1.165, 1.54) is 75.5 Å². The Kier molecular flexibility index (Phi) is 6.31. The molecule has 36 heavy (non-hydrogen) atoms. The van der Waals surface area contributed by atoms with Gasteiger partial charge >= 0.3 is 224 Å². The molecule has 1 aromatic carbocycles. The molecule has 0 spiro atoms. The monoisotopic (exact) mass is 564 g/mol. The van der Waals surface area contributed by atoms with Crippen LogP contribution in [0.4, 0.5) is 5.69 Å². The van der Waals surface area contributed by atoms with Crippen molar-refractivity contribution in [2.75, 3.05) is 45.2 Å². The second-order valence-electron chi connectivity index (χ2n) is 10.1. The van der Waals surface area contributed by atoms with E-state index in [0.29, 0.717) is 0 Å². The quantitative estimate of drug-likeness (QED) is 0.200. The summed E-state index contributed by atoms with van der Waals surface area (Å²) in [6.45, 7) is 8.00. The molecule has 1 amide bonds. The van der Waals surface area contributed by atoms with Gasteiger partial charge in [0.25, 0.3) is 0 Å². The zero-order valence-electron chi connectivity index (χ0n) is 21.7. The van der Waals surface area contributed by atoms with Gasteiger partial charge in [0.05, 0.1) is 0 Å². The van der Waals surface area contributed by atoms with Gasteiger partial charge in [-0.2, -0.15) is 0 Å². The van der Waals surface area contributed by atoms with E-state index in [2.05, 4.69) is 67.8 Å². The van der Waals surface area contributed by atoms with Crippen LogP contribution in [0.2, 0.25) is 0 Å². The molecule has 1 aromatic heterocycles. The van der Waals surface area contributed by atoms with Gasteiger partial charge in [0.15, 0.2) is 0 Å². The molecule has 2 aromatic rings. The van der Waals surface area contributed by atoms with Crippen molar-refractivity contribution in [3.8, 4) is 20.4 Å². The van der Waals surface area contributed by atoms with E-state index in [1.54, 1.807) is 26.8 Å². The van der Waals surface area contributed by atoms with Gasteiger partial charge in [0, 0.05) is 0 Å². The maximum atomic E-state index is 13.2. The molecule has 0 fully saturated rings. The third-order valence-electron chi connectivity index (χ3n) is 7.82. The van der Waals surface area contributed by atoms with Crippen molar-refractivity contribution in [2.45, 2.75) is 39.5 Å². The molecule has 0 atom stereocenters. The van der Waals surface area contributed by atoms with E-state index in [1.807, 2.05) is 11.0 Å². The molecular formula is C30H34N3OSSe+. The maximum absolute atomic E-state index is 13.2. The Morgan fingerprint density at radius 3 is 2.58 bits per heavy atom. The Labute approximate surface area is 223 Å². The second-order valence-corrected chi connectivity index (χ2v) is 13.4. The summed E-state index contributed by atoms with van der Waals surface area (Å²) in [5.41, 5.74) is 7.40. The fourth-order valence-corrected chi connectivity index (χ4v) is 9.71. The van der Waals surface area contributed by atoms with Crippen molar-refractivity contribution in [3.05, 3.63) is 57.8 Å². The van der Waals surface area contributed by atoms with Crippen LogP contribution in [-0.2, 0) is 12.8 Å². The number of carbonyl (C=O) groups excluding carboxylic acids is 1. The van der Waals surface area contributed by atoms with Crippen LogP contribution in [0.25, 0.3) is 30.1 Å². The molecule has 0 saturated carbocycles. The number of aryl methyl sites for hydroxylation is 2. The third kappa shape index (κ3) is 3.86. The normalized spacial score (nSPS) is 14.8. The standard InChI is InChI=1S/C30H34N3OSSe/c1-5-32(6-2)30(34)25-14-13-24(35-25)27-21-12-11-20(31(3)4)18-26(21)36-29-22-10-8-16-33-15-7-9-19(28(22)33)17-23(27)29/h11-14,17-18H,5-10,15-16H2,1-4H3/q+1. The van der Waals surface area contributed by atoms with E-state index >= 15 is 0 Å². The number of rotatable bonds is 4. The summed E-state index contributed by atoms with van der Waals surface area (Å²) >= 11 is 1.93. The first kappa shape index (κ1) is 24.0. The zero-order valence-corrected chi connectivity index (χ0v) is 24.2. The van der Waals surface area contributed by atoms with Gasteiger partial charge in [-0.25, -0.2) is 0 Å². The number of anilines is 1. The SMILES string of the molecule is CCN(CC)C(=O)c1ccc(-c2c3ccc(=[N+](C)C)cc-3[se]c3c4c5c(cc23)CCCN5CCC4)s1. The van der Waals surface area contributed by atoms with Crippen LogP contribution in [0, 0.1) is 0 Å². The van der Waals surface area contributed by atoms with Gasteiger partial charge in [-0.3, -0.25) is 0 Å². The summed E-state index contributed by atoms with van der Waals surface area (Å²) < 4.78 is 5.25. The summed E-state index contributed by atoms with van der Waals surface area (Å²) in [6, 6.07) is 13.7. The van der Waals surface area contributed by atoms with Crippen molar-refractivity contribution < 1.29 is 4.79 Å². The van der Waals surface area contributed by atoms with Gasteiger partial charge in [-0.05, 0) is 0 Å². The van der Waals surface area contributed by atoms with Crippen molar-refractivity contribution in [1.82, 2.24) is 9.48 Å². The van der Waals surface area contributed by atoms with E-state index < -0.39 is 0 Å². The number of thiophene rings is 1. The predicted molar refractivity (Wildman–Crippen MR) is 154 cm³/mol. The summed E-state index contributed by atoms with van der Waals surface area (Å²) in [7, 11) is 4.25. The first-order chi connectivity index (χ1) is 17.5. The summed E-state index contributed by atoms with van der Waals surface area (Å²) in [5.74, 6) is 0.149.